The third kappa shape index (κ3) is 1.62. The van der Waals surface area contributed by atoms with Crippen LogP contribution in [-0.2, 0) is 0 Å². The quantitative estimate of drug-likeness (QED) is 0.347. The predicted octanol–water partition coefficient (Wildman–Crippen LogP) is 6.01. The molecule has 1 N–H and O–H groups in total. The van der Waals surface area contributed by atoms with E-state index in [1.165, 1.54) is 26.9 Å². The van der Waals surface area contributed by atoms with Crippen LogP contribution in [0.3, 0.4) is 0 Å². The molecule has 0 saturated heterocycles. The number of benzene rings is 5. The van der Waals surface area contributed by atoms with Crippen LogP contribution >= 0.6 is 0 Å². The minimum atomic E-state index is 0.342. The molecule has 5 rings (SSSR count). The van der Waals surface area contributed by atoms with Crippen molar-refractivity contribution < 1.29 is 5.11 Å². The number of hydrogen-bond acceptors (Lipinski definition) is 1. The van der Waals surface area contributed by atoms with E-state index in [-0.39, 0.29) is 0 Å². The molecule has 0 aliphatic heterocycles. The van der Waals surface area contributed by atoms with Crippen molar-refractivity contribution >= 4 is 43.1 Å². The molecule has 0 aromatic heterocycles. The van der Waals surface area contributed by atoms with Crippen molar-refractivity contribution in [3.05, 3.63) is 78.9 Å². The molecule has 1 heteroatoms. The molecule has 0 heterocycles. The summed E-state index contributed by atoms with van der Waals surface area (Å²) in [4.78, 5) is 0. The van der Waals surface area contributed by atoms with E-state index >= 15 is 0 Å². The monoisotopic (exact) mass is 294 g/mol. The van der Waals surface area contributed by atoms with Crippen LogP contribution in [0.4, 0.5) is 0 Å². The summed E-state index contributed by atoms with van der Waals surface area (Å²) in [6, 6.07) is 26.9. The molecule has 0 amide bonds. The summed E-state index contributed by atoms with van der Waals surface area (Å²) in [5.41, 5.74) is 0. The van der Waals surface area contributed by atoms with Gasteiger partial charge in [-0.2, -0.15) is 0 Å². The van der Waals surface area contributed by atoms with Crippen molar-refractivity contribution in [1.82, 2.24) is 0 Å². The van der Waals surface area contributed by atoms with Gasteiger partial charge in [0.2, 0.25) is 0 Å². The third-order valence-corrected chi connectivity index (χ3v) is 4.73. The predicted molar refractivity (Wildman–Crippen MR) is 98.1 cm³/mol. The summed E-state index contributed by atoms with van der Waals surface area (Å²) in [6.45, 7) is 0. The molecule has 0 aliphatic rings. The van der Waals surface area contributed by atoms with Crippen molar-refractivity contribution in [1.29, 1.82) is 0 Å². The van der Waals surface area contributed by atoms with Gasteiger partial charge in [-0.05, 0) is 38.4 Å². The molecule has 0 saturated carbocycles. The van der Waals surface area contributed by atoms with Gasteiger partial charge in [0.05, 0.1) is 0 Å². The highest BCUT2D eigenvalue weighted by Gasteiger charge is 2.13. The molecule has 0 aliphatic carbocycles. The van der Waals surface area contributed by atoms with Crippen LogP contribution in [0.25, 0.3) is 43.1 Å². The molecule has 1 nitrogen and oxygen atoms in total. The Hall–Kier alpha value is -3.06. The van der Waals surface area contributed by atoms with Crippen molar-refractivity contribution in [2.24, 2.45) is 0 Å². The zero-order valence-electron chi connectivity index (χ0n) is 12.5. The average Bonchev–Trinajstić information content (AvgIpc) is 2.61. The number of hydrogen-bond donors (Lipinski definition) is 1. The number of aromatic hydroxyl groups is 1. The minimum absolute atomic E-state index is 0.342. The van der Waals surface area contributed by atoms with Gasteiger partial charge in [-0.1, -0.05) is 72.8 Å². The van der Waals surface area contributed by atoms with Crippen LogP contribution in [0.2, 0.25) is 0 Å². The van der Waals surface area contributed by atoms with E-state index in [4.69, 9.17) is 0 Å². The summed E-state index contributed by atoms with van der Waals surface area (Å²) < 4.78 is 0. The lowest BCUT2D eigenvalue weighted by Gasteiger charge is -2.13. The second kappa shape index (κ2) is 4.47. The van der Waals surface area contributed by atoms with E-state index in [0.29, 0.717) is 5.75 Å². The summed E-state index contributed by atoms with van der Waals surface area (Å²) in [5, 5.41) is 19.7. The van der Waals surface area contributed by atoms with Crippen LogP contribution < -0.4 is 0 Å². The largest absolute Gasteiger partial charge is 0.507 e. The molecular formula is C22H14O. The van der Waals surface area contributed by atoms with Gasteiger partial charge in [0.25, 0.3) is 0 Å². The smallest absolute Gasteiger partial charge is 0.124 e. The Labute approximate surface area is 133 Å². The molecule has 0 bridgehead atoms. The molecule has 0 radical (unpaired) electrons. The first kappa shape index (κ1) is 12.5. The summed E-state index contributed by atoms with van der Waals surface area (Å²) in [6.07, 6.45) is 0. The third-order valence-electron chi connectivity index (χ3n) is 4.73. The standard InChI is InChI=1S/C22H14O/c23-20-11-5-10-18-16-8-3-4-9-17(16)19-13-12-14-6-1-2-7-15(14)21(19)22(18)20/h1-13,23H. The highest BCUT2D eigenvalue weighted by molar-refractivity contribution is 6.32. The van der Waals surface area contributed by atoms with Crippen molar-refractivity contribution in [3.8, 4) is 5.75 Å². The average molecular weight is 294 g/mol. The fraction of sp³-hybridized carbons (Fsp3) is 0. The van der Waals surface area contributed by atoms with Crippen LogP contribution in [0.15, 0.2) is 78.9 Å². The first-order chi connectivity index (χ1) is 11.3. The van der Waals surface area contributed by atoms with Gasteiger partial charge in [-0.3, -0.25) is 0 Å². The summed E-state index contributed by atoms with van der Waals surface area (Å²) in [5.74, 6) is 0.342. The van der Waals surface area contributed by atoms with Gasteiger partial charge >= 0.3 is 0 Å². The fourth-order valence-corrected chi connectivity index (χ4v) is 3.75. The van der Waals surface area contributed by atoms with Gasteiger partial charge < -0.3 is 5.11 Å². The fourth-order valence-electron chi connectivity index (χ4n) is 3.75. The molecule has 0 fully saturated rings. The van der Waals surface area contributed by atoms with E-state index < -0.39 is 0 Å². The number of fused-ring (bicyclic) bond motifs is 8. The Morgan fingerprint density at radius 3 is 1.83 bits per heavy atom. The number of rotatable bonds is 0. The first-order valence-electron chi connectivity index (χ1n) is 7.78. The molecule has 23 heavy (non-hydrogen) atoms. The molecule has 0 unspecified atom stereocenters. The van der Waals surface area contributed by atoms with E-state index in [9.17, 15) is 5.11 Å². The lowest BCUT2D eigenvalue weighted by atomic mass is 9.91. The minimum Gasteiger partial charge on any atom is -0.507 e. The van der Waals surface area contributed by atoms with Crippen molar-refractivity contribution in [2.45, 2.75) is 0 Å². The van der Waals surface area contributed by atoms with E-state index in [0.717, 1.165) is 16.2 Å². The maximum Gasteiger partial charge on any atom is 0.124 e. The SMILES string of the molecule is Oc1cccc2c3ccccc3c3ccc4ccccc4c3c12. The number of phenolic OH excluding ortho intramolecular Hbond substituents is 1. The van der Waals surface area contributed by atoms with Crippen LogP contribution in [0.5, 0.6) is 5.75 Å². The Balaban J connectivity index is 2.26. The van der Waals surface area contributed by atoms with Crippen molar-refractivity contribution in [3.63, 3.8) is 0 Å². The Kier molecular flexibility index (Phi) is 2.42. The lowest BCUT2D eigenvalue weighted by Crippen LogP contribution is -1.85. The molecular weight excluding hydrogens is 280 g/mol. The highest BCUT2D eigenvalue weighted by atomic mass is 16.3. The number of phenols is 1. The zero-order chi connectivity index (χ0) is 15.4. The molecule has 5 aromatic rings. The lowest BCUT2D eigenvalue weighted by molar-refractivity contribution is 0.482. The van der Waals surface area contributed by atoms with Crippen LogP contribution in [-0.4, -0.2) is 5.11 Å². The second-order valence-electron chi connectivity index (χ2n) is 5.95. The topological polar surface area (TPSA) is 20.2 Å². The van der Waals surface area contributed by atoms with Gasteiger partial charge in [0, 0.05) is 10.8 Å². The Morgan fingerprint density at radius 2 is 1.04 bits per heavy atom. The van der Waals surface area contributed by atoms with Crippen LogP contribution in [0, 0.1) is 0 Å². The summed E-state index contributed by atoms with van der Waals surface area (Å²) >= 11 is 0. The zero-order valence-corrected chi connectivity index (χ0v) is 12.5. The van der Waals surface area contributed by atoms with Crippen LogP contribution in [0.1, 0.15) is 0 Å². The van der Waals surface area contributed by atoms with Gasteiger partial charge in [0.1, 0.15) is 5.75 Å². The van der Waals surface area contributed by atoms with Gasteiger partial charge in [-0.25, -0.2) is 0 Å². The molecule has 0 spiro atoms. The summed E-state index contributed by atoms with van der Waals surface area (Å²) in [7, 11) is 0. The first-order valence-corrected chi connectivity index (χ1v) is 7.78. The Bertz CT molecular complexity index is 1220. The van der Waals surface area contributed by atoms with Crippen molar-refractivity contribution in [2.75, 3.05) is 0 Å². The Morgan fingerprint density at radius 1 is 0.435 bits per heavy atom. The van der Waals surface area contributed by atoms with E-state index in [1.54, 1.807) is 6.07 Å². The molecule has 108 valence electrons. The maximum atomic E-state index is 10.6. The van der Waals surface area contributed by atoms with E-state index in [1.807, 2.05) is 6.07 Å². The maximum absolute atomic E-state index is 10.6. The second-order valence-corrected chi connectivity index (χ2v) is 5.95. The van der Waals surface area contributed by atoms with Gasteiger partial charge in [-0.15, -0.1) is 0 Å². The van der Waals surface area contributed by atoms with E-state index in [2.05, 4.69) is 66.7 Å². The molecule has 0 atom stereocenters. The highest BCUT2D eigenvalue weighted by Crippen LogP contribution is 2.41. The van der Waals surface area contributed by atoms with Gasteiger partial charge in [0.15, 0.2) is 0 Å². The normalized spacial score (nSPS) is 11.7. The molecule has 5 aromatic carbocycles.